The van der Waals surface area contributed by atoms with Crippen molar-refractivity contribution in [1.82, 2.24) is 52.8 Å². The van der Waals surface area contributed by atoms with Crippen LogP contribution in [-0.2, 0) is 85.8 Å². The number of rotatable bonds is 61. The first-order valence-corrected chi connectivity index (χ1v) is 38.2. The SMILES string of the molecule is COC[C@@H]1C[C@@H](O)CN1C(=O)CCCCCCCCCCC(=O)NC(COCCC(=O)NCCCNC(=O)CCCCO)(COCCC(=O)NCCCNC(=O)CCCCOC1OC(CO)C(O)C(O)C1NC(C)=O)COCCC(=O)NCCCNC(=O)CCCCOC1OC(CO)C(O)C(O)C1NC(C)=O. The van der Waals surface area contributed by atoms with E-state index in [4.69, 9.17) is 43.0 Å². The average Bonchev–Trinajstić information content (AvgIpc) is 1.65. The lowest BCUT2D eigenvalue weighted by molar-refractivity contribution is -0.270. The van der Waals surface area contributed by atoms with Gasteiger partial charge >= 0.3 is 0 Å². The van der Waals surface area contributed by atoms with E-state index in [9.17, 15) is 83.7 Å². The third kappa shape index (κ3) is 41.6. The highest BCUT2D eigenvalue weighted by atomic mass is 16.7. The van der Waals surface area contributed by atoms with Gasteiger partial charge in [0.05, 0.1) is 71.6 Å². The van der Waals surface area contributed by atoms with Crippen LogP contribution in [0.4, 0.5) is 0 Å². The van der Waals surface area contributed by atoms with Crippen LogP contribution in [-0.4, -0.2) is 316 Å². The molecule has 3 rings (SSSR count). The van der Waals surface area contributed by atoms with Crippen LogP contribution in [0.15, 0.2) is 0 Å². The number of unbranched alkanes of at least 4 members (excludes halogenated alkanes) is 10. The zero-order chi connectivity index (χ0) is 78.6. The molecule has 36 nitrogen and oxygen atoms in total. The maximum absolute atomic E-state index is 13.9. The Labute approximate surface area is 628 Å². The van der Waals surface area contributed by atoms with Gasteiger partial charge in [0.15, 0.2) is 12.6 Å². The van der Waals surface area contributed by atoms with Crippen LogP contribution in [0, 0.1) is 0 Å². The maximum atomic E-state index is 13.9. The molecular weight excluding hydrogens is 1410 g/mol. The van der Waals surface area contributed by atoms with Crippen LogP contribution in [0.5, 0.6) is 0 Å². The maximum Gasteiger partial charge on any atom is 0.222 e. The summed E-state index contributed by atoms with van der Waals surface area (Å²) in [5.74, 6) is -2.94. The molecule has 0 spiro atoms. The summed E-state index contributed by atoms with van der Waals surface area (Å²) < 4.78 is 46.1. The van der Waals surface area contributed by atoms with Gasteiger partial charge in [-0.15, -0.1) is 0 Å². The number of aliphatic hydroxyl groups excluding tert-OH is 8. The summed E-state index contributed by atoms with van der Waals surface area (Å²) in [6.45, 7) is 2.87. The predicted molar refractivity (Wildman–Crippen MR) is 385 cm³/mol. The normalized spacial score (nSPS) is 22.6. The first-order valence-electron chi connectivity index (χ1n) is 38.2. The van der Waals surface area contributed by atoms with Crippen molar-refractivity contribution in [1.29, 1.82) is 0 Å². The summed E-state index contributed by atoms with van der Waals surface area (Å²) in [6, 6.07) is -2.29. The summed E-state index contributed by atoms with van der Waals surface area (Å²) >= 11 is 0. The van der Waals surface area contributed by atoms with Crippen LogP contribution in [0.1, 0.15) is 181 Å². The smallest absolute Gasteiger partial charge is 0.222 e. The van der Waals surface area contributed by atoms with E-state index in [1.807, 2.05) is 0 Å². The third-order valence-corrected chi connectivity index (χ3v) is 18.0. The van der Waals surface area contributed by atoms with Crippen molar-refractivity contribution in [2.45, 2.75) is 260 Å². The number of β-amino-alcohol motifs (C(OH)–C–C–N with tert-alkyl or cyclic N) is 1. The van der Waals surface area contributed by atoms with Crippen LogP contribution >= 0.6 is 0 Å². The lowest BCUT2D eigenvalue weighted by Crippen LogP contribution is -2.64. The van der Waals surface area contributed by atoms with Crippen molar-refractivity contribution >= 4 is 59.1 Å². The Morgan fingerprint density at radius 1 is 0.421 bits per heavy atom. The van der Waals surface area contributed by atoms with Gasteiger partial charge in [0.1, 0.15) is 54.2 Å². The van der Waals surface area contributed by atoms with E-state index >= 15 is 0 Å². The van der Waals surface area contributed by atoms with E-state index in [1.165, 1.54) is 13.8 Å². The van der Waals surface area contributed by atoms with Crippen molar-refractivity contribution in [2.75, 3.05) is 132 Å². The molecule has 0 radical (unpaired) electrons. The van der Waals surface area contributed by atoms with Gasteiger partial charge in [-0.25, -0.2) is 0 Å². The largest absolute Gasteiger partial charge is 0.396 e. The molecule has 0 aromatic carbocycles. The lowest BCUT2D eigenvalue weighted by Gasteiger charge is -2.42. The van der Waals surface area contributed by atoms with Crippen LogP contribution in [0.3, 0.4) is 0 Å². The van der Waals surface area contributed by atoms with Crippen molar-refractivity contribution in [3.8, 4) is 0 Å². The van der Waals surface area contributed by atoms with Gasteiger partial charge in [0, 0.05) is 138 Å². The highest BCUT2D eigenvalue weighted by Crippen LogP contribution is 2.25. The monoisotopic (exact) mass is 1540 g/mol. The Kier molecular flexibility index (Phi) is 50.9. The highest BCUT2D eigenvalue weighted by Gasteiger charge is 2.47. The molecule has 3 heterocycles. The molecule has 36 heteroatoms. The van der Waals surface area contributed by atoms with E-state index in [2.05, 4.69) is 47.9 Å². The first kappa shape index (κ1) is 95.3. The van der Waals surface area contributed by atoms with Gasteiger partial charge in [0.25, 0.3) is 0 Å². The Bertz CT molecular complexity index is 2450. The minimum absolute atomic E-state index is 0.00271. The molecule has 618 valence electrons. The fourth-order valence-electron chi connectivity index (χ4n) is 12.2. The number of amides is 10. The Hall–Kier alpha value is -5.94. The van der Waals surface area contributed by atoms with Gasteiger partial charge in [-0.3, -0.25) is 47.9 Å². The Morgan fingerprint density at radius 3 is 1.13 bits per heavy atom. The summed E-state index contributed by atoms with van der Waals surface area (Å²) in [5.41, 5.74) is -1.38. The van der Waals surface area contributed by atoms with Crippen LogP contribution in [0.25, 0.3) is 0 Å². The van der Waals surface area contributed by atoms with Crippen molar-refractivity contribution in [3.63, 3.8) is 0 Å². The lowest BCUT2D eigenvalue weighted by atomic mass is 9.97. The number of nitrogens with zero attached hydrogens (tertiary/aromatic N) is 1. The van der Waals surface area contributed by atoms with Crippen LogP contribution in [0.2, 0.25) is 0 Å². The molecule has 0 aliphatic carbocycles. The molecule has 0 aromatic heterocycles. The van der Waals surface area contributed by atoms with Crippen molar-refractivity contribution in [3.05, 3.63) is 0 Å². The van der Waals surface area contributed by atoms with E-state index < -0.39 is 98.0 Å². The highest BCUT2D eigenvalue weighted by molar-refractivity contribution is 5.79. The van der Waals surface area contributed by atoms with E-state index in [0.29, 0.717) is 96.7 Å². The standard InChI is InChI=1S/C71H128N10O26/c1-49(85)78-63-67(98)65(96)53(43-83)106-69(63)104-36-16-13-22-56(89)73-30-19-33-76-59(92)27-39-102-47-71(46-101-38-26-58(91)75-32-18-29-72-55(88)21-12-15-35-82,80-61(94)24-10-8-6-4-5-7-9-11-25-62(95)81-42-52(87)41-51(81)45-100-3)48-103-40-28-60(93)77-34-20-31-74-57(90)23-14-17-37-105-70-64(79-50(2)86)68(99)66(97)54(44-84)107-70/h51-54,63-70,82-84,87,96-99H,4-48H2,1-3H3,(H,72,88)(H,73,89)(H,74,90)(H,75,91)(H,76,92)(H,77,93)(H,78,85)(H,79,86)(H,80,94)/t51-,52+,53?,54?,63?,64?,65?,66?,67?,68?,69?,70?,71?/m0/s1. The summed E-state index contributed by atoms with van der Waals surface area (Å²) in [6.07, 6.45) is 1.17. The van der Waals surface area contributed by atoms with Gasteiger partial charge in [-0.1, -0.05) is 38.5 Å². The molecule has 0 aromatic rings. The second-order valence-electron chi connectivity index (χ2n) is 27.5. The molecule has 3 saturated heterocycles. The molecule has 107 heavy (non-hydrogen) atoms. The molecule has 10 amide bonds. The number of carbonyl (C=O) groups excluding carboxylic acids is 10. The molecule has 3 aliphatic heterocycles. The predicted octanol–water partition coefficient (Wildman–Crippen LogP) is -3.14. The van der Waals surface area contributed by atoms with Crippen molar-refractivity contribution in [2.24, 2.45) is 0 Å². The minimum atomic E-state index is -1.45. The van der Waals surface area contributed by atoms with E-state index in [-0.39, 0.29) is 190 Å². The van der Waals surface area contributed by atoms with Gasteiger partial charge in [-0.05, 0) is 77.0 Å². The second-order valence-corrected chi connectivity index (χ2v) is 27.5. The van der Waals surface area contributed by atoms with Gasteiger partial charge in [-0.2, -0.15) is 0 Å². The minimum Gasteiger partial charge on any atom is -0.396 e. The molecule has 10 unspecified atom stereocenters. The molecule has 3 aliphatic rings. The van der Waals surface area contributed by atoms with Crippen LogP contribution < -0.4 is 47.9 Å². The average molecular weight is 1540 g/mol. The van der Waals surface area contributed by atoms with E-state index in [0.717, 1.165) is 44.9 Å². The topological polar surface area (TPSA) is 518 Å². The second kappa shape index (κ2) is 57.2. The van der Waals surface area contributed by atoms with E-state index in [1.54, 1.807) is 12.0 Å². The summed E-state index contributed by atoms with van der Waals surface area (Å²) in [5, 5.41) is 105. The fourth-order valence-corrected chi connectivity index (χ4v) is 12.2. The molecule has 17 N–H and O–H groups in total. The number of nitrogens with one attached hydrogen (secondary N) is 9. The molecule has 0 saturated carbocycles. The fraction of sp³-hybridized carbons (Fsp3) is 0.859. The number of carbonyl (C=O) groups is 10. The summed E-state index contributed by atoms with van der Waals surface area (Å²) in [7, 11) is 1.58. The quantitative estimate of drug-likeness (QED) is 0.0268. The number of aliphatic hydroxyl groups is 8. The zero-order valence-corrected chi connectivity index (χ0v) is 63.1. The number of methoxy groups -OCH3 is 1. The molecule has 12 atom stereocenters. The van der Waals surface area contributed by atoms with Crippen molar-refractivity contribution < 1.29 is 127 Å². The molecular formula is C71H128N10O26. The first-order chi connectivity index (χ1) is 51.5. The Morgan fingerprint density at radius 2 is 0.766 bits per heavy atom. The third-order valence-electron chi connectivity index (χ3n) is 18.0. The zero-order valence-electron chi connectivity index (χ0n) is 63.1. The number of hydrogen-bond acceptors (Lipinski definition) is 26. The molecule has 3 fully saturated rings. The number of ether oxygens (including phenoxy) is 8. The molecule has 0 bridgehead atoms. The van der Waals surface area contributed by atoms with Gasteiger partial charge in [0.2, 0.25) is 59.1 Å². The number of likely N-dealkylation sites (tertiary alicyclic amines) is 1. The summed E-state index contributed by atoms with van der Waals surface area (Å²) in [4.78, 5) is 128. The Balaban J connectivity index is 1.55. The van der Waals surface area contributed by atoms with Gasteiger partial charge < -0.3 is 131 Å². The number of hydrogen-bond donors (Lipinski definition) is 17.